The first kappa shape index (κ1) is 15.0. The molecule has 3 aromatic heterocycles. The van der Waals surface area contributed by atoms with Crippen LogP contribution in [0.15, 0.2) is 73.4 Å². The molecular formula is C20H14N4O. The highest BCUT2D eigenvalue weighted by Gasteiger charge is 2.08. The van der Waals surface area contributed by atoms with Crippen molar-refractivity contribution in [1.82, 2.24) is 15.0 Å². The van der Waals surface area contributed by atoms with E-state index in [4.69, 9.17) is 5.73 Å². The first-order valence-electron chi connectivity index (χ1n) is 7.77. The van der Waals surface area contributed by atoms with E-state index in [0.717, 1.165) is 33.2 Å². The van der Waals surface area contributed by atoms with Gasteiger partial charge in [0.2, 0.25) is 5.91 Å². The summed E-state index contributed by atoms with van der Waals surface area (Å²) in [6, 6.07) is 13.7. The van der Waals surface area contributed by atoms with Crippen LogP contribution in [0.4, 0.5) is 0 Å². The Hall–Kier alpha value is -3.60. The third-order valence-corrected chi connectivity index (χ3v) is 4.09. The topological polar surface area (TPSA) is 81.8 Å². The summed E-state index contributed by atoms with van der Waals surface area (Å²) < 4.78 is 0. The van der Waals surface area contributed by atoms with Gasteiger partial charge in [-0.2, -0.15) is 0 Å². The van der Waals surface area contributed by atoms with Gasteiger partial charge >= 0.3 is 0 Å². The maximum absolute atomic E-state index is 11.4. The fraction of sp³-hybridized carbons (Fsp3) is 0. The Morgan fingerprint density at radius 2 is 1.64 bits per heavy atom. The maximum atomic E-state index is 11.4. The van der Waals surface area contributed by atoms with Crippen molar-refractivity contribution in [3.8, 4) is 22.3 Å². The largest absolute Gasteiger partial charge is 0.366 e. The average molecular weight is 326 g/mol. The van der Waals surface area contributed by atoms with E-state index in [2.05, 4.69) is 21.0 Å². The predicted octanol–water partition coefficient (Wildman–Crippen LogP) is 3.46. The van der Waals surface area contributed by atoms with Gasteiger partial charge in [-0.3, -0.25) is 19.7 Å². The van der Waals surface area contributed by atoms with Gasteiger partial charge in [-0.25, -0.2) is 0 Å². The lowest BCUT2D eigenvalue weighted by Gasteiger charge is -2.09. The second-order valence-corrected chi connectivity index (χ2v) is 5.65. The SMILES string of the molecule is NC(=O)c1cncc(-c2ccc3nccc(-c4ccncc4)c3c2)c1. The molecule has 120 valence electrons. The van der Waals surface area contributed by atoms with Gasteiger partial charge in [-0.1, -0.05) is 6.07 Å². The summed E-state index contributed by atoms with van der Waals surface area (Å²) >= 11 is 0. The van der Waals surface area contributed by atoms with Crippen LogP contribution in [0, 0.1) is 0 Å². The van der Waals surface area contributed by atoms with Crippen LogP contribution in [0.3, 0.4) is 0 Å². The third kappa shape index (κ3) is 2.83. The summed E-state index contributed by atoms with van der Waals surface area (Å²) in [5, 5.41) is 1.02. The van der Waals surface area contributed by atoms with Gasteiger partial charge < -0.3 is 5.73 Å². The minimum absolute atomic E-state index is 0.387. The van der Waals surface area contributed by atoms with Gasteiger partial charge in [0.1, 0.15) is 0 Å². The molecule has 0 saturated heterocycles. The number of carbonyl (C=O) groups is 1. The highest BCUT2D eigenvalue weighted by Crippen LogP contribution is 2.30. The van der Waals surface area contributed by atoms with Gasteiger partial charge in [0.15, 0.2) is 0 Å². The molecular weight excluding hydrogens is 312 g/mol. The second-order valence-electron chi connectivity index (χ2n) is 5.65. The minimum Gasteiger partial charge on any atom is -0.366 e. The van der Waals surface area contributed by atoms with Crippen molar-refractivity contribution in [2.24, 2.45) is 5.73 Å². The lowest BCUT2D eigenvalue weighted by atomic mass is 9.98. The van der Waals surface area contributed by atoms with Crippen LogP contribution in [-0.4, -0.2) is 20.9 Å². The van der Waals surface area contributed by atoms with E-state index in [1.54, 1.807) is 30.9 Å². The molecule has 4 rings (SSSR count). The molecule has 2 N–H and O–H groups in total. The molecule has 25 heavy (non-hydrogen) atoms. The minimum atomic E-state index is -0.491. The summed E-state index contributed by atoms with van der Waals surface area (Å²) in [5.41, 5.74) is 10.6. The van der Waals surface area contributed by atoms with Gasteiger partial charge in [0.25, 0.3) is 0 Å². The number of carbonyl (C=O) groups excluding carboxylic acids is 1. The zero-order chi connectivity index (χ0) is 17.2. The first-order chi connectivity index (χ1) is 12.2. The number of fused-ring (bicyclic) bond motifs is 1. The molecule has 0 unspecified atom stereocenters. The molecule has 3 heterocycles. The van der Waals surface area contributed by atoms with Gasteiger partial charge in [0, 0.05) is 41.9 Å². The number of hydrogen-bond donors (Lipinski definition) is 1. The van der Waals surface area contributed by atoms with Crippen molar-refractivity contribution in [1.29, 1.82) is 0 Å². The van der Waals surface area contributed by atoms with Crippen molar-refractivity contribution in [2.45, 2.75) is 0 Å². The smallest absolute Gasteiger partial charge is 0.250 e. The molecule has 1 aromatic carbocycles. The Morgan fingerprint density at radius 1 is 0.800 bits per heavy atom. The Kier molecular flexibility index (Phi) is 3.67. The van der Waals surface area contributed by atoms with Crippen LogP contribution in [0.25, 0.3) is 33.2 Å². The molecule has 4 aromatic rings. The molecule has 0 spiro atoms. The number of nitrogens with zero attached hydrogens (tertiary/aromatic N) is 3. The zero-order valence-corrected chi connectivity index (χ0v) is 13.3. The highest BCUT2D eigenvalue weighted by atomic mass is 16.1. The molecule has 0 aliphatic heterocycles. The third-order valence-electron chi connectivity index (χ3n) is 4.09. The van der Waals surface area contributed by atoms with Crippen molar-refractivity contribution in [3.05, 3.63) is 79.0 Å². The molecule has 0 aliphatic rings. The van der Waals surface area contributed by atoms with Crippen molar-refractivity contribution in [3.63, 3.8) is 0 Å². The molecule has 5 nitrogen and oxygen atoms in total. The van der Waals surface area contributed by atoms with Crippen LogP contribution >= 0.6 is 0 Å². The normalized spacial score (nSPS) is 10.7. The summed E-state index contributed by atoms with van der Waals surface area (Å²) in [6.07, 6.45) is 8.53. The number of aromatic nitrogens is 3. The number of hydrogen-bond acceptors (Lipinski definition) is 4. The van der Waals surface area contributed by atoms with E-state index in [9.17, 15) is 4.79 Å². The van der Waals surface area contributed by atoms with E-state index >= 15 is 0 Å². The number of amides is 1. The zero-order valence-electron chi connectivity index (χ0n) is 13.3. The molecule has 0 bridgehead atoms. The molecule has 0 fully saturated rings. The summed E-state index contributed by atoms with van der Waals surface area (Å²) in [7, 11) is 0. The molecule has 5 heteroatoms. The Balaban J connectivity index is 1.90. The highest BCUT2D eigenvalue weighted by molar-refractivity contribution is 5.97. The van der Waals surface area contributed by atoms with Crippen LogP contribution in [0.5, 0.6) is 0 Å². The fourth-order valence-corrected chi connectivity index (χ4v) is 2.84. The number of nitrogens with two attached hydrogens (primary N) is 1. The lowest BCUT2D eigenvalue weighted by Crippen LogP contribution is -2.11. The molecule has 0 radical (unpaired) electrons. The van der Waals surface area contributed by atoms with E-state index < -0.39 is 5.91 Å². The summed E-state index contributed by atoms with van der Waals surface area (Å²) in [5.74, 6) is -0.491. The molecule has 0 aliphatic carbocycles. The standard InChI is InChI=1S/C20H14N4O/c21-20(25)16-9-15(11-23-12-16)14-1-2-19-18(10-14)17(5-8-24-19)13-3-6-22-7-4-13/h1-12H,(H2,21,25). The van der Waals surface area contributed by atoms with E-state index in [1.807, 2.05) is 30.3 Å². The van der Waals surface area contributed by atoms with E-state index in [-0.39, 0.29) is 0 Å². The number of benzene rings is 1. The summed E-state index contributed by atoms with van der Waals surface area (Å²) in [4.78, 5) is 24.0. The van der Waals surface area contributed by atoms with Gasteiger partial charge in [-0.15, -0.1) is 0 Å². The van der Waals surface area contributed by atoms with E-state index in [1.165, 1.54) is 6.20 Å². The number of primary amides is 1. The van der Waals surface area contributed by atoms with Crippen LogP contribution in [0.1, 0.15) is 10.4 Å². The molecule has 0 atom stereocenters. The van der Waals surface area contributed by atoms with Crippen molar-refractivity contribution in [2.75, 3.05) is 0 Å². The monoisotopic (exact) mass is 326 g/mol. The molecule has 0 saturated carbocycles. The fourth-order valence-electron chi connectivity index (χ4n) is 2.84. The van der Waals surface area contributed by atoms with Crippen LogP contribution in [-0.2, 0) is 0 Å². The Morgan fingerprint density at radius 3 is 2.44 bits per heavy atom. The Labute approximate surface area is 144 Å². The van der Waals surface area contributed by atoms with Crippen molar-refractivity contribution >= 4 is 16.8 Å². The average Bonchev–Trinajstić information content (AvgIpc) is 2.68. The molecule has 1 amide bonds. The van der Waals surface area contributed by atoms with Crippen LogP contribution < -0.4 is 5.73 Å². The second kappa shape index (κ2) is 6.13. The summed E-state index contributed by atoms with van der Waals surface area (Å²) in [6.45, 7) is 0. The maximum Gasteiger partial charge on any atom is 0.250 e. The Bertz CT molecular complexity index is 1080. The van der Waals surface area contributed by atoms with E-state index in [0.29, 0.717) is 5.56 Å². The van der Waals surface area contributed by atoms with Crippen molar-refractivity contribution < 1.29 is 4.79 Å². The van der Waals surface area contributed by atoms with Gasteiger partial charge in [-0.05, 0) is 53.1 Å². The predicted molar refractivity (Wildman–Crippen MR) is 96.7 cm³/mol. The first-order valence-corrected chi connectivity index (χ1v) is 7.77. The quantitative estimate of drug-likeness (QED) is 0.625. The lowest BCUT2D eigenvalue weighted by molar-refractivity contribution is 0.1000. The number of rotatable bonds is 3. The van der Waals surface area contributed by atoms with Gasteiger partial charge in [0.05, 0.1) is 11.1 Å². The number of pyridine rings is 3. The van der Waals surface area contributed by atoms with Crippen LogP contribution in [0.2, 0.25) is 0 Å².